The average molecular weight is 372 g/mol. The van der Waals surface area contributed by atoms with Crippen molar-refractivity contribution >= 4 is 17.0 Å². The maximum absolute atomic E-state index is 13.2. The summed E-state index contributed by atoms with van der Waals surface area (Å²) in [6, 6.07) is 7.10. The topological polar surface area (TPSA) is 85.3 Å². The molecule has 0 radical (unpaired) electrons. The lowest BCUT2D eigenvalue weighted by molar-refractivity contribution is -0.0494. The van der Waals surface area contributed by atoms with Crippen LogP contribution in [0.5, 0.6) is 0 Å². The van der Waals surface area contributed by atoms with Crippen molar-refractivity contribution in [2.45, 2.75) is 25.3 Å². The summed E-state index contributed by atoms with van der Waals surface area (Å²) in [6.45, 7) is 0.402. The molecule has 3 aromatic heterocycles. The van der Waals surface area contributed by atoms with E-state index in [0.717, 1.165) is 10.9 Å². The molecule has 1 aliphatic rings. The molecule has 140 valence electrons. The van der Waals surface area contributed by atoms with Crippen LogP contribution < -0.4 is 5.73 Å². The SMILES string of the molecule is NCc1cc2cc(-c3ccc(C(=O)N4CCC(F)(F)CC4)cn3)cnc2o1. The first-order valence-electron chi connectivity index (χ1n) is 8.67. The molecule has 0 spiro atoms. The first-order chi connectivity index (χ1) is 12.9. The molecule has 8 heteroatoms. The lowest BCUT2D eigenvalue weighted by Gasteiger charge is -2.31. The summed E-state index contributed by atoms with van der Waals surface area (Å²) in [7, 11) is 0. The van der Waals surface area contributed by atoms with Crippen LogP contribution in [0.15, 0.2) is 41.1 Å². The average Bonchev–Trinajstić information content (AvgIpc) is 3.10. The third kappa shape index (κ3) is 3.52. The minimum absolute atomic E-state index is 0.0537. The third-order valence-electron chi connectivity index (χ3n) is 4.71. The van der Waals surface area contributed by atoms with E-state index >= 15 is 0 Å². The molecule has 0 aromatic carbocycles. The molecule has 4 heterocycles. The summed E-state index contributed by atoms with van der Waals surface area (Å²) in [5.41, 5.74) is 7.90. The van der Waals surface area contributed by atoms with E-state index in [9.17, 15) is 13.6 Å². The summed E-state index contributed by atoms with van der Waals surface area (Å²) in [5, 5.41) is 0.823. The first-order valence-corrected chi connectivity index (χ1v) is 8.67. The van der Waals surface area contributed by atoms with Crippen LogP contribution in [-0.4, -0.2) is 39.8 Å². The molecule has 1 fully saturated rings. The number of rotatable bonds is 3. The molecule has 3 aromatic rings. The van der Waals surface area contributed by atoms with Crippen molar-refractivity contribution in [3.63, 3.8) is 0 Å². The Kier molecular flexibility index (Phi) is 4.35. The Balaban J connectivity index is 1.52. The standard InChI is InChI=1S/C19H18F2N4O2/c20-19(21)3-5-25(6-4-19)18(26)12-1-2-16(23-10-12)14-7-13-8-15(9-22)27-17(13)24-11-14/h1-2,7-8,10-11H,3-6,9,22H2. The lowest BCUT2D eigenvalue weighted by atomic mass is 10.1. The predicted octanol–water partition coefficient (Wildman–Crippen LogP) is 3.22. The zero-order valence-electron chi connectivity index (χ0n) is 14.5. The maximum atomic E-state index is 13.2. The number of hydrogen-bond donors (Lipinski definition) is 1. The van der Waals surface area contributed by atoms with E-state index in [4.69, 9.17) is 10.2 Å². The highest BCUT2D eigenvalue weighted by atomic mass is 19.3. The van der Waals surface area contributed by atoms with E-state index < -0.39 is 5.92 Å². The number of piperidine rings is 1. The van der Waals surface area contributed by atoms with Crippen molar-refractivity contribution in [2.24, 2.45) is 5.73 Å². The van der Waals surface area contributed by atoms with E-state index in [-0.39, 0.29) is 31.8 Å². The van der Waals surface area contributed by atoms with Crippen LogP contribution in [0.1, 0.15) is 29.0 Å². The largest absolute Gasteiger partial charge is 0.441 e. The highest BCUT2D eigenvalue weighted by Gasteiger charge is 2.35. The fourth-order valence-electron chi connectivity index (χ4n) is 3.14. The van der Waals surface area contributed by atoms with Gasteiger partial charge in [-0.3, -0.25) is 9.78 Å². The zero-order valence-corrected chi connectivity index (χ0v) is 14.5. The van der Waals surface area contributed by atoms with E-state index in [2.05, 4.69) is 9.97 Å². The molecule has 6 nitrogen and oxygen atoms in total. The number of carbonyl (C=O) groups is 1. The number of halogens is 2. The summed E-state index contributed by atoms with van der Waals surface area (Å²) in [6.07, 6.45) is 2.51. The second-order valence-electron chi connectivity index (χ2n) is 6.62. The Bertz CT molecular complexity index is 975. The highest BCUT2D eigenvalue weighted by Crippen LogP contribution is 2.28. The van der Waals surface area contributed by atoms with Crippen molar-refractivity contribution in [1.82, 2.24) is 14.9 Å². The quantitative estimate of drug-likeness (QED) is 0.763. The number of nitrogens with two attached hydrogens (primary N) is 1. The molecular weight excluding hydrogens is 354 g/mol. The van der Waals surface area contributed by atoms with Gasteiger partial charge in [-0.25, -0.2) is 13.8 Å². The normalized spacial score (nSPS) is 16.6. The molecule has 1 aliphatic heterocycles. The van der Waals surface area contributed by atoms with E-state index in [0.29, 0.717) is 29.3 Å². The number of aromatic nitrogens is 2. The van der Waals surface area contributed by atoms with Gasteiger partial charge < -0.3 is 15.1 Å². The van der Waals surface area contributed by atoms with Crippen LogP contribution in [0, 0.1) is 0 Å². The van der Waals surface area contributed by atoms with Gasteiger partial charge in [-0.05, 0) is 24.3 Å². The molecule has 4 rings (SSSR count). The molecule has 0 atom stereocenters. The minimum atomic E-state index is -2.68. The molecule has 0 saturated carbocycles. The van der Waals surface area contributed by atoms with Gasteiger partial charge in [-0.2, -0.15) is 0 Å². The van der Waals surface area contributed by atoms with Crippen LogP contribution >= 0.6 is 0 Å². The Morgan fingerprint density at radius 1 is 1.19 bits per heavy atom. The number of pyridine rings is 2. The van der Waals surface area contributed by atoms with Gasteiger partial charge in [0.25, 0.3) is 11.8 Å². The van der Waals surface area contributed by atoms with Crippen molar-refractivity contribution in [3.05, 3.63) is 48.0 Å². The van der Waals surface area contributed by atoms with Crippen molar-refractivity contribution in [3.8, 4) is 11.3 Å². The van der Waals surface area contributed by atoms with Crippen molar-refractivity contribution in [2.75, 3.05) is 13.1 Å². The molecule has 1 amide bonds. The molecule has 27 heavy (non-hydrogen) atoms. The fourth-order valence-corrected chi connectivity index (χ4v) is 3.14. The second-order valence-corrected chi connectivity index (χ2v) is 6.62. The maximum Gasteiger partial charge on any atom is 0.255 e. The second kappa shape index (κ2) is 6.70. The number of amides is 1. The number of likely N-dealkylation sites (tertiary alicyclic amines) is 1. The van der Waals surface area contributed by atoms with Gasteiger partial charge in [0.15, 0.2) is 0 Å². The number of furan rings is 1. The van der Waals surface area contributed by atoms with Gasteiger partial charge in [0.1, 0.15) is 5.76 Å². The summed E-state index contributed by atoms with van der Waals surface area (Å²) >= 11 is 0. The molecular formula is C19H18F2N4O2. The van der Waals surface area contributed by atoms with Gasteiger partial charge in [-0.15, -0.1) is 0 Å². The first kappa shape index (κ1) is 17.5. The van der Waals surface area contributed by atoms with Gasteiger partial charge >= 0.3 is 0 Å². The Hall–Kier alpha value is -2.87. The number of carbonyl (C=O) groups excluding carboxylic acids is 1. The van der Waals surface area contributed by atoms with Crippen molar-refractivity contribution < 1.29 is 18.0 Å². The van der Waals surface area contributed by atoms with Crippen LogP contribution in [0.4, 0.5) is 8.78 Å². The monoisotopic (exact) mass is 372 g/mol. The number of nitrogens with zero attached hydrogens (tertiary/aromatic N) is 3. The van der Waals surface area contributed by atoms with E-state index in [1.165, 1.54) is 11.1 Å². The third-order valence-corrected chi connectivity index (χ3v) is 4.71. The summed E-state index contributed by atoms with van der Waals surface area (Å²) < 4.78 is 32.0. The number of fused-ring (bicyclic) bond motifs is 1. The Morgan fingerprint density at radius 2 is 1.96 bits per heavy atom. The molecule has 0 aliphatic carbocycles. The van der Waals surface area contributed by atoms with Gasteiger partial charge in [0, 0.05) is 49.3 Å². The molecule has 0 unspecified atom stereocenters. The zero-order chi connectivity index (χ0) is 19.0. The molecule has 0 bridgehead atoms. The van der Waals surface area contributed by atoms with E-state index in [1.54, 1.807) is 18.3 Å². The lowest BCUT2D eigenvalue weighted by Crippen LogP contribution is -2.42. The van der Waals surface area contributed by atoms with E-state index in [1.807, 2.05) is 12.1 Å². The van der Waals surface area contributed by atoms with Gasteiger partial charge in [-0.1, -0.05) is 0 Å². The van der Waals surface area contributed by atoms with Gasteiger partial charge in [0.05, 0.1) is 17.8 Å². The smallest absolute Gasteiger partial charge is 0.255 e. The number of alkyl halides is 2. The fraction of sp³-hybridized carbons (Fsp3) is 0.316. The highest BCUT2D eigenvalue weighted by molar-refractivity contribution is 5.94. The molecule has 2 N–H and O–H groups in total. The van der Waals surface area contributed by atoms with Crippen LogP contribution in [-0.2, 0) is 6.54 Å². The Labute approximate surface area is 154 Å². The minimum Gasteiger partial charge on any atom is -0.441 e. The Morgan fingerprint density at radius 3 is 2.63 bits per heavy atom. The van der Waals surface area contributed by atoms with Gasteiger partial charge in [0.2, 0.25) is 5.71 Å². The van der Waals surface area contributed by atoms with Crippen LogP contribution in [0.3, 0.4) is 0 Å². The van der Waals surface area contributed by atoms with Crippen LogP contribution in [0.25, 0.3) is 22.4 Å². The molecule has 1 saturated heterocycles. The number of hydrogen-bond acceptors (Lipinski definition) is 5. The van der Waals surface area contributed by atoms with Crippen LogP contribution in [0.2, 0.25) is 0 Å². The van der Waals surface area contributed by atoms with Crippen molar-refractivity contribution in [1.29, 1.82) is 0 Å². The summed E-state index contributed by atoms with van der Waals surface area (Å²) in [4.78, 5) is 22.5. The summed E-state index contributed by atoms with van der Waals surface area (Å²) in [5.74, 6) is -2.31. The predicted molar refractivity (Wildman–Crippen MR) is 95.2 cm³/mol.